The van der Waals surface area contributed by atoms with Crippen molar-refractivity contribution < 1.29 is 14.3 Å². The van der Waals surface area contributed by atoms with Crippen LogP contribution in [0.5, 0.6) is 0 Å². The third kappa shape index (κ3) is 2.28. The summed E-state index contributed by atoms with van der Waals surface area (Å²) in [6, 6.07) is 0. The second kappa shape index (κ2) is 4.03. The van der Waals surface area contributed by atoms with Gasteiger partial charge in [0.1, 0.15) is 12.4 Å². The summed E-state index contributed by atoms with van der Waals surface area (Å²) in [6.07, 6.45) is 3.01. The van der Waals surface area contributed by atoms with Gasteiger partial charge in [-0.2, -0.15) is 0 Å². The molecule has 0 amide bonds. The SMILES string of the molecule is C=C(/C(C)=C/C=O)[C@@H]1CCC(=O)O1. The Hall–Kier alpha value is -1.38. The molecule has 0 N–H and O–H groups in total. The summed E-state index contributed by atoms with van der Waals surface area (Å²) >= 11 is 0. The van der Waals surface area contributed by atoms with Crippen LogP contribution in [0.4, 0.5) is 0 Å². The molecule has 0 saturated carbocycles. The van der Waals surface area contributed by atoms with Crippen LogP contribution in [-0.2, 0) is 14.3 Å². The maximum Gasteiger partial charge on any atom is 0.306 e. The zero-order valence-electron chi connectivity index (χ0n) is 7.58. The minimum absolute atomic E-state index is 0.190. The average Bonchev–Trinajstić information content (AvgIpc) is 2.51. The van der Waals surface area contributed by atoms with E-state index in [1.807, 2.05) is 0 Å². The first-order valence-corrected chi connectivity index (χ1v) is 4.16. The highest BCUT2D eigenvalue weighted by Gasteiger charge is 2.25. The molecule has 0 aliphatic carbocycles. The summed E-state index contributed by atoms with van der Waals surface area (Å²) in [7, 11) is 0. The van der Waals surface area contributed by atoms with Crippen LogP contribution < -0.4 is 0 Å². The van der Waals surface area contributed by atoms with Gasteiger partial charge in [-0.25, -0.2) is 0 Å². The van der Waals surface area contributed by atoms with E-state index < -0.39 is 0 Å². The van der Waals surface area contributed by atoms with Gasteiger partial charge in [-0.3, -0.25) is 9.59 Å². The summed E-state index contributed by atoms with van der Waals surface area (Å²) < 4.78 is 5.00. The fourth-order valence-electron chi connectivity index (χ4n) is 1.23. The van der Waals surface area contributed by atoms with Gasteiger partial charge in [-0.05, 0) is 30.6 Å². The molecule has 0 aromatic heterocycles. The Balaban J connectivity index is 2.63. The number of hydrogen-bond donors (Lipinski definition) is 0. The van der Waals surface area contributed by atoms with E-state index in [0.29, 0.717) is 19.1 Å². The first-order valence-electron chi connectivity index (χ1n) is 4.16. The van der Waals surface area contributed by atoms with Crippen LogP contribution in [0.15, 0.2) is 23.8 Å². The summed E-state index contributed by atoms with van der Waals surface area (Å²) in [5.41, 5.74) is 1.49. The molecule has 3 nitrogen and oxygen atoms in total. The second-order valence-corrected chi connectivity index (χ2v) is 3.03. The quantitative estimate of drug-likeness (QED) is 0.285. The van der Waals surface area contributed by atoms with E-state index >= 15 is 0 Å². The molecular formula is C10H12O3. The molecule has 0 bridgehead atoms. The highest BCUT2D eigenvalue weighted by atomic mass is 16.5. The molecule has 1 fully saturated rings. The van der Waals surface area contributed by atoms with Gasteiger partial charge in [0.05, 0.1) is 0 Å². The van der Waals surface area contributed by atoms with E-state index in [-0.39, 0.29) is 12.1 Å². The Morgan fingerprint density at radius 1 is 1.69 bits per heavy atom. The largest absolute Gasteiger partial charge is 0.457 e. The summed E-state index contributed by atoms with van der Waals surface area (Å²) in [4.78, 5) is 21.0. The van der Waals surface area contributed by atoms with Crippen LogP contribution in [0.3, 0.4) is 0 Å². The van der Waals surface area contributed by atoms with Gasteiger partial charge in [-0.1, -0.05) is 6.58 Å². The zero-order valence-corrected chi connectivity index (χ0v) is 7.58. The topological polar surface area (TPSA) is 43.4 Å². The molecule has 3 heteroatoms. The number of rotatable bonds is 3. The summed E-state index contributed by atoms with van der Waals surface area (Å²) in [6.45, 7) is 5.57. The number of hydrogen-bond acceptors (Lipinski definition) is 3. The standard InChI is InChI=1S/C10H12O3/c1-7(5-6-11)8(2)9-3-4-10(12)13-9/h5-6,9H,2-4H2,1H3/b7-5+/t9-/m0/s1. The van der Waals surface area contributed by atoms with Crippen molar-refractivity contribution in [3.8, 4) is 0 Å². The molecule has 0 aromatic rings. The maximum absolute atomic E-state index is 10.8. The predicted molar refractivity (Wildman–Crippen MR) is 48.1 cm³/mol. The van der Waals surface area contributed by atoms with Crippen molar-refractivity contribution >= 4 is 12.3 Å². The minimum Gasteiger partial charge on any atom is -0.457 e. The van der Waals surface area contributed by atoms with Crippen LogP contribution in [-0.4, -0.2) is 18.4 Å². The van der Waals surface area contributed by atoms with E-state index in [1.165, 1.54) is 6.08 Å². The smallest absolute Gasteiger partial charge is 0.306 e. The van der Waals surface area contributed by atoms with Crippen molar-refractivity contribution in [3.05, 3.63) is 23.8 Å². The molecule has 0 aromatic carbocycles. The van der Waals surface area contributed by atoms with E-state index in [4.69, 9.17) is 4.74 Å². The van der Waals surface area contributed by atoms with Gasteiger partial charge in [0.25, 0.3) is 0 Å². The van der Waals surface area contributed by atoms with E-state index in [9.17, 15) is 9.59 Å². The molecule has 70 valence electrons. The molecule has 13 heavy (non-hydrogen) atoms. The Morgan fingerprint density at radius 3 is 2.85 bits per heavy atom. The lowest BCUT2D eigenvalue weighted by Gasteiger charge is -2.12. The fraction of sp³-hybridized carbons (Fsp3) is 0.400. The van der Waals surface area contributed by atoms with Crippen LogP contribution in [0.1, 0.15) is 19.8 Å². The van der Waals surface area contributed by atoms with Gasteiger partial charge < -0.3 is 4.74 Å². The van der Waals surface area contributed by atoms with Crippen molar-refractivity contribution in [3.63, 3.8) is 0 Å². The van der Waals surface area contributed by atoms with Crippen molar-refractivity contribution in [1.29, 1.82) is 0 Å². The predicted octanol–water partition coefficient (Wildman–Crippen LogP) is 1.39. The Kier molecular flexibility index (Phi) is 3.01. The lowest BCUT2D eigenvalue weighted by molar-refractivity contribution is -0.140. The molecule has 0 unspecified atom stereocenters. The van der Waals surface area contributed by atoms with E-state index in [1.54, 1.807) is 6.92 Å². The highest BCUT2D eigenvalue weighted by Crippen LogP contribution is 2.24. The number of esters is 1. The lowest BCUT2D eigenvalue weighted by Crippen LogP contribution is -2.10. The van der Waals surface area contributed by atoms with Gasteiger partial charge in [0, 0.05) is 6.42 Å². The number of cyclic esters (lactones) is 1. The molecule has 1 rings (SSSR count). The third-order valence-corrected chi connectivity index (χ3v) is 2.10. The van der Waals surface area contributed by atoms with Crippen LogP contribution >= 0.6 is 0 Å². The molecule has 1 aliphatic heterocycles. The van der Waals surface area contributed by atoms with Crippen LogP contribution in [0, 0.1) is 0 Å². The van der Waals surface area contributed by atoms with Crippen molar-refractivity contribution in [2.24, 2.45) is 0 Å². The maximum atomic E-state index is 10.8. The molecule has 0 radical (unpaired) electrons. The number of carbonyl (C=O) groups is 2. The molecule has 0 spiro atoms. The Morgan fingerprint density at radius 2 is 2.38 bits per heavy atom. The van der Waals surface area contributed by atoms with Gasteiger partial charge >= 0.3 is 5.97 Å². The monoisotopic (exact) mass is 180 g/mol. The molecule has 1 saturated heterocycles. The van der Waals surface area contributed by atoms with E-state index in [2.05, 4.69) is 6.58 Å². The number of allylic oxidation sites excluding steroid dienone is 1. The minimum atomic E-state index is -0.233. The summed E-state index contributed by atoms with van der Waals surface area (Å²) in [5, 5.41) is 0. The summed E-state index contributed by atoms with van der Waals surface area (Å²) in [5.74, 6) is -0.190. The Bertz CT molecular complexity index is 276. The first-order chi connectivity index (χ1) is 6.15. The van der Waals surface area contributed by atoms with Gasteiger partial charge in [-0.15, -0.1) is 0 Å². The average molecular weight is 180 g/mol. The lowest BCUT2D eigenvalue weighted by atomic mass is 10.0. The van der Waals surface area contributed by atoms with Crippen LogP contribution in [0.2, 0.25) is 0 Å². The number of aldehydes is 1. The molecule has 1 aliphatic rings. The van der Waals surface area contributed by atoms with Gasteiger partial charge in [0.15, 0.2) is 0 Å². The molecule has 1 heterocycles. The molecule has 1 atom stereocenters. The first kappa shape index (κ1) is 9.71. The molecular weight excluding hydrogens is 168 g/mol. The van der Waals surface area contributed by atoms with Gasteiger partial charge in [0.2, 0.25) is 0 Å². The number of carbonyl (C=O) groups excluding carboxylic acids is 2. The number of ether oxygens (including phenoxy) is 1. The van der Waals surface area contributed by atoms with Crippen LogP contribution in [0.25, 0.3) is 0 Å². The van der Waals surface area contributed by atoms with Crippen molar-refractivity contribution in [2.75, 3.05) is 0 Å². The zero-order chi connectivity index (χ0) is 9.84. The normalized spacial score (nSPS) is 22.7. The van der Waals surface area contributed by atoms with Crippen molar-refractivity contribution in [1.82, 2.24) is 0 Å². The Labute approximate surface area is 77.1 Å². The second-order valence-electron chi connectivity index (χ2n) is 3.03. The third-order valence-electron chi connectivity index (χ3n) is 2.10. The van der Waals surface area contributed by atoms with E-state index in [0.717, 1.165) is 11.1 Å². The highest BCUT2D eigenvalue weighted by molar-refractivity contribution is 5.73. The van der Waals surface area contributed by atoms with Crippen molar-refractivity contribution in [2.45, 2.75) is 25.9 Å². The fourth-order valence-corrected chi connectivity index (χ4v) is 1.23.